The van der Waals surface area contributed by atoms with Gasteiger partial charge in [-0.3, -0.25) is 9.79 Å². The van der Waals surface area contributed by atoms with Crippen LogP contribution in [-0.2, 0) is 10.2 Å². The number of allylic oxidation sites excluding steroid dienone is 8. The molecule has 56 heavy (non-hydrogen) atoms. The summed E-state index contributed by atoms with van der Waals surface area (Å²) in [6, 6.07) is 6.11. The molecule has 1 N–H and O–H groups in total. The van der Waals surface area contributed by atoms with E-state index < -0.39 is 11.2 Å². The number of aliphatic imine (C=N–C) groups is 1. The minimum atomic E-state index is -0.564. The minimum Gasteiger partial charge on any atom is -0.356 e. The summed E-state index contributed by atoms with van der Waals surface area (Å²) in [6.07, 6.45) is 17.7. The SMILES string of the molecule is C=C/C(F)=C(\C=C/C)N/C(C)=C(C)/C(=C\C(=C)c1ccc(C(C)(C)C(=O)C(C)C)c(C)c1)N=CCC.CC(C)C.CCC(C)C(C)CC.CCCC1CC(C)C1. The molecule has 2 atom stereocenters. The van der Waals surface area contributed by atoms with E-state index in [0.717, 1.165) is 75.2 Å². The van der Waals surface area contributed by atoms with Crippen LogP contribution in [0.2, 0.25) is 0 Å². The van der Waals surface area contributed by atoms with Crippen molar-refractivity contribution in [3.63, 3.8) is 0 Å². The molecule has 1 fully saturated rings. The number of carbonyl (C=O) groups excluding carboxylic acids is 1. The maximum Gasteiger partial charge on any atom is 0.146 e. The van der Waals surface area contributed by atoms with Gasteiger partial charge in [-0.1, -0.05) is 146 Å². The molecule has 2 rings (SSSR count). The van der Waals surface area contributed by atoms with Crippen molar-refractivity contribution in [3.8, 4) is 0 Å². The Labute approximate surface area is 347 Å². The smallest absolute Gasteiger partial charge is 0.146 e. The van der Waals surface area contributed by atoms with Crippen LogP contribution in [0.15, 0.2) is 89.1 Å². The van der Waals surface area contributed by atoms with Gasteiger partial charge in [-0.15, -0.1) is 0 Å². The van der Waals surface area contributed by atoms with Crippen LogP contribution in [0.5, 0.6) is 0 Å². The molecule has 0 amide bonds. The second kappa shape index (κ2) is 29.0. The number of carbonyl (C=O) groups is 1. The second-order valence-electron chi connectivity index (χ2n) is 17.5. The summed E-state index contributed by atoms with van der Waals surface area (Å²) in [5.74, 6) is 4.57. The van der Waals surface area contributed by atoms with Crippen LogP contribution in [0, 0.1) is 42.4 Å². The summed E-state index contributed by atoms with van der Waals surface area (Å²) in [5.41, 5.74) is 5.99. The molecule has 2 unspecified atom stereocenters. The van der Waals surface area contributed by atoms with Crippen molar-refractivity contribution in [3.05, 3.63) is 101 Å². The predicted molar refractivity (Wildman–Crippen MR) is 251 cm³/mol. The number of aryl methyl sites for hydroxylation is 1. The lowest BCUT2D eigenvalue weighted by molar-refractivity contribution is -0.126. The van der Waals surface area contributed by atoms with Crippen molar-refractivity contribution < 1.29 is 9.18 Å². The van der Waals surface area contributed by atoms with E-state index in [1.165, 1.54) is 44.6 Å². The molecule has 0 aliphatic heterocycles. The lowest BCUT2D eigenvalue weighted by Crippen LogP contribution is -2.33. The molecule has 0 spiro atoms. The highest BCUT2D eigenvalue weighted by Crippen LogP contribution is 2.36. The maximum atomic E-state index is 14.2. The fourth-order valence-electron chi connectivity index (χ4n) is 6.56. The number of ketones is 1. The maximum absolute atomic E-state index is 14.2. The first kappa shape index (κ1) is 54.8. The van der Waals surface area contributed by atoms with E-state index in [2.05, 4.69) is 91.8 Å². The average Bonchev–Trinajstić information content (AvgIpc) is 3.13. The third-order valence-corrected chi connectivity index (χ3v) is 10.6. The zero-order valence-corrected chi connectivity index (χ0v) is 39.7. The Morgan fingerprint density at radius 1 is 1.00 bits per heavy atom. The standard InChI is InChI=1S/C32H43FN2O.C8H16.C8H18.C4H10/c1-12-15-29(28(33)14-3)35-25(9)24(8)30(34-18-13-2)20-22(6)26-16-17-27(23(7)19-26)32(10,11)31(36)21(4)5;1-3-4-8-5-7(2)6-8;1-5-7(3)8(4)6-2;1-4(2)3/h12,14-21,35H,3,6,13H2,1-2,4-5,7-11H3;7-8H,3-6H2,1-2H3;7-8H,5-6H2,1-4H3;4H,1-3H3/b15-12-,25-24+,29-28-,30-20+,34-18?;;;. The molecule has 0 bridgehead atoms. The van der Waals surface area contributed by atoms with Crippen LogP contribution in [0.25, 0.3) is 5.57 Å². The Hall–Kier alpha value is -3.27. The third-order valence-electron chi connectivity index (χ3n) is 10.6. The second-order valence-corrected chi connectivity index (χ2v) is 17.5. The first-order chi connectivity index (χ1) is 26.1. The highest BCUT2D eigenvalue weighted by molar-refractivity contribution is 5.91. The Balaban J connectivity index is 0. The highest BCUT2D eigenvalue weighted by Gasteiger charge is 2.32. The van der Waals surface area contributed by atoms with Gasteiger partial charge in [-0.05, 0) is 136 Å². The van der Waals surface area contributed by atoms with Gasteiger partial charge in [-0.2, -0.15) is 0 Å². The van der Waals surface area contributed by atoms with E-state index in [1.807, 2.05) is 86.7 Å². The predicted octanol–water partition coefficient (Wildman–Crippen LogP) is 16.3. The van der Waals surface area contributed by atoms with Gasteiger partial charge in [0.15, 0.2) is 0 Å². The van der Waals surface area contributed by atoms with Crippen LogP contribution >= 0.6 is 0 Å². The van der Waals surface area contributed by atoms with Crippen molar-refractivity contribution in [2.75, 3.05) is 0 Å². The zero-order chi connectivity index (χ0) is 43.8. The Morgan fingerprint density at radius 3 is 1.93 bits per heavy atom. The largest absolute Gasteiger partial charge is 0.356 e. The van der Waals surface area contributed by atoms with Gasteiger partial charge in [0.25, 0.3) is 0 Å². The fraction of sp³-hybridized carbons (Fsp3) is 0.615. The number of hydrogen-bond acceptors (Lipinski definition) is 3. The zero-order valence-electron chi connectivity index (χ0n) is 39.7. The molecule has 3 nitrogen and oxygen atoms in total. The quantitative estimate of drug-likeness (QED) is 0.126. The molecular weight excluding hydrogens is 688 g/mol. The molecule has 0 heterocycles. The van der Waals surface area contributed by atoms with Crippen molar-refractivity contribution in [1.29, 1.82) is 0 Å². The summed E-state index contributed by atoms with van der Waals surface area (Å²) >= 11 is 0. The van der Waals surface area contributed by atoms with Crippen molar-refractivity contribution in [2.45, 2.75) is 175 Å². The van der Waals surface area contributed by atoms with Crippen LogP contribution in [0.1, 0.15) is 179 Å². The minimum absolute atomic E-state index is 0.0364. The van der Waals surface area contributed by atoms with Crippen molar-refractivity contribution >= 4 is 17.6 Å². The van der Waals surface area contributed by atoms with Crippen molar-refractivity contribution in [2.24, 2.45) is 40.5 Å². The monoisotopic (exact) mass is 775 g/mol. The number of benzene rings is 1. The summed E-state index contributed by atoms with van der Waals surface area (Å²) in [7, 11) is 0. The number of nitrogens with zero attached hydrogens (tertiary/aromatic N) is 1. The molecule has 1 aromatic carbocycles. The molecule has 0 aromatic heterocycles. The third kappa shape index (κ3) is 20.8. The fourth-order valence-corrected chi connectivity index (χ4v) is 6.56. The van der Waals surface area contributed by atoms with E-state index in [1.54, 1.807) is 12.2 Å². The lowest BCUT2D eigenvalue weighted by atomic mass is 9.74. The summed E-state index contributed by atoms with van der Waals surface area (Å²) in [6.45, 7) is 45.7. The topological polar surface area (TPSA) is 41.5 Å². The van der Waals surface area contributed by atoms with Crippen LogP contribution in [0.3, 0.4) is 0 Å². The molecule has 4 heteroatoms. The van der Waals surface area contributed by atoms with E-state index in [4.69, 9.17) is 0 Å². The highest BCUT2D eigenvalue weighted by atomic mass is 19.1. The van der Waals surface area contributed by atoms with Gasteiger partial charge in [0.1, 0.15) is 11.6 Å². The number of halogens is 1. The molecule has 1 saturated carbocycles. The van der Waals surface area contributed by atoms with Crippen LogP contribution in [-0.4, -0.2) is 12.0 Å². The average molecular weight is 775 g/mol. The van der Waals surface area contributed by atoms with E-state index >= 15 is 0 Å². The summed E-state index contributed by atoms with van der Waals surface area (Å²) in [4.78, 5) is 17.5. The molecule has 0 radical (unpaired) electrons. The number of nitrogens with one attached hydrogen (secondary N) is 1. The Bertz CT molecular complexity index is 1460. The molecule has 1 aliphatic rings. The number of hydrogen-bond donors (Lipinski definition) is 1. The molecule has 1 aliphatic carbocycles. The van der Waals surface area contributed by atoms with Gasteiger partial charge in [0, 0.05) is 23.2 Å². The molecule has 0 saturated heterocycles. The molecule has 318 valence electrons. The molecular formula is C52H87FN2O. The Kier molecular flexibility index (Phi) is 28.4. The van der Waals surface area contributed by atoms with E-state index in [-0.39, 0.29) is 11.7 Å². The van der Waals surface area contributed by atoms with Gasteiger partial charge in [0.05, 0.1) is 11.4 Å². The first-order valence-corrected chi connectivity index (χ1v) is 21.8. The van der Waals surface area contributed by atoms with E-state index in [9.17, 15) is 9.18 Å². The van der Waals surface area contributed by atoms with E-state index in [0.29, 0.717) is 5.70 Å². The number of rotatable bonds is 17. The summed E-state index contributed by atoms with van der Waals surface area (Å²) in [5, 5.41) is 3.14. The summed E-state index contributed by atoms with van der Waals surface area (Å²) < 4.78 is 14.2. The van der Waals surface area contributed by atoms with Gasteiger partial charge >= 0.3 is 0 Å². The Morgan fingerprint density at radius 2 is 1.54 bits per heavy atom. The molecule has 1 aromatic rings. The van der Waals surface area contributed by atoms with Crippen molar-refractivity contribution in [1.82, 2.24) is 5.32 Å². The first-order valence-electron chi connectivity index (χ1n) is 21.8. The lowest BCUT2D eigenvalue weighted by Gasteiger charge is -2.32. The normalized spacial score (nSPS) is 17.6. The van der Waals surface area contributed by atoms with Gasteiger partial charge in [0.2, 0.25) is 0 Å². The van der Waals surface area contributed by atoms with Gasteiger partial charge < -0.3 is 5.32 Å². The van der Waals surface area contributed by atoms with Crippen LogP contribution in [0.4, 0.5) is 4.39 Å². The van der Waals surface area contributed by atoms with Gasteiger partial charge in [-0.25, -0.2) is 4.39 Å². The number of Topliss-reactive ketones (excluding diaryl/α,β-unsaturated/α-hetero) is 1. The van der Waals surface area contributed by atoms with Crippen LogP contribution < -0.4 is 5.32 Å².